The van der Waals surface area contributed by atoms with Crippen molar-refractivity contribution in [3.05, 3.63) is 53.0 Å². The third-order valence-electron chi connectivity index (χ3n) is 2.77. The fourth-order valence-electron chi connectivity index (χ4n) is 1.68. The predicted molar refractivity (Wildman–Crippen MR) is 87.8 cm³/mol. The molecule has 0 saturated carbocycles. The summed E-state index contributed by atoms with van der Waals surface area (Å²) in [6, 6.07) is 13.2. The molecule has 0 unspecified atom stereocenters. The smallest absolute Gasteiger partial charge is 0.262 e. The first-order chi connectivity index (χ1) is 10.4. The van der Waals surface area contributed by atoms with Gasteiger partial charge in [-0.15, -0.1) is 0 Å². The topological polar surface area (TPSA) is 72.5 Å². The quantitative estimate of drug-likeness (QED) is 0.861. The second-order valence-corrected chi connectivity index (χ2v) is 7.43. The normalized spacial score (nSPS) is 11.0. The van der Waals surface area contributed by atoms with Crippen molar-refractivity contribution < 1.29 is 17.9 Å². The molecule has 1 amide bonds. The maximum Gasteiger partial charge on any atom is 0.262 e. The van der Waals surface area contributed by atoms with Gasteiger partial charge in [0, 0.05) is 10.7 Å². The van der Waals surface area contributed by atoms with Crippen molar-refractivity contribution in [2.24, 2.45) is 0 Å². The summed E-state index contributed by atoms with van der Waals surface area (Å²) in [5, 5.41) is 2.71. The number of hydrogen-bond acceptors (Lipinski definition) is 4. The Morgan fingerprint density at radius 1 is 1.14 bits per heavy atom. The number of ether oxygens (including phenoxy) is 1. The van der Waals surface area contributed by atoms with Gasteiger partial charge in [-0.25, -0.2) is 8.42 Å². The molecular weight excluding hydrogens is 370 g/mol. The second-order valence-electron chi connectivity index (χ2n) is 4.56. The predicted octanol–water partition coefficient (Wildman–Crippen LogP) is 2.87. The molecule has 0 spiro atoms. The van der Waals surface area contributed by atoms with Crippen LogP contribution in [-0.2, 0) is 14.6 Å². The van der Waals surface area contributed by atoms with Crippen LogP contribution in [0.5, 0.6) is 5.75 Å². The van der Waals surface area contributed by atoms with E-state index in [1.165, 1.54) is 24.3 Å². The zero-order valence-electron chi connectivity index (χ0n) is 11.7. The summed E-state index contributed by atoms with van der Waals surface area (Å²) in [5.74, 6) is 0.119. The SMILES string of the molecule is CS(=O)(=O)c1ccc(OCC(=O)Nc2ccccc2Br)cc1. The molecule has 0 bridgehead atoms. The third kappa shape index (κ3) is 4.57. The van der Waals surface area contributed by atoms with Crippen LogP contribution in [0.2, 0.25) is 0 Å². The van der Waals surface area contributed by atoms with Gasteiger partial charge in [-0.2, -0.15) is 0 Å². The Kier molecular flexibility index (Phi) is 5.20. The highest BCUT2D eigenvalue weighted by Crippen LogP contribution is 2.21. The van der Waals surface area contributed by atoms with Crippen molar-refractivity contribution in [2.45, 2.75) is 4.90 Å². The van der Waals surface area contributed by atoms with Crippen LogP contribution in [-0.4, -0.2) is 27.2 Å². The van der Waals surface area contributed by atoms with Crippen LogP contribution in [0, 0.1) is 0 Å². The average Bonchev–Trinajstić information content (AvgIpc) is 2.47. The van der Waals surface area contributed by atoms with Crippen LogP contribution in [0.1, 0.15) is 0 Å². The second kappa shape index (κ2) is 6.93. The van der Waals surface area contributed by atoms with E-state index >= 15 is 0 Å². The van der Waals surface area contributed by atoms with E-state index in [9.17, 15) is 13.2 Å². The van der Waals surface area contributed by atoms with E-state index in [4.69, 9.17) is 4.74 Å². The number of nitrogens with one attached hydrogen (secondary N) is 1. The third-order valence-corrected chi connectivity index (χ3v) is 4.59. The Labute approximate surface area is 137 Å². The Morgan fingerprint density at radius 3 is 2.36 bits per heavy atom. The van der Waals surface area contributed by atoms with Crippen LogP contribution < -0.4 is 10.1 Å². The van der Waals surface area contributed by atoms with Crippen molar-refractivity contribution in [3.63, 3.8) is 0 Å². The molecule has 2 aromatic rings. The van der Waals surface area contributed by atoms with Crippen LogP contribution >= 0.6 is 15.9 Å². The molecule has 0 aromatic heterocycles. The maximum atomic E-state index is 11.8. The van der Waals surface area contributed by atoms with Gasteiger partial charge in [0.2, 0.25) is 0 Å². The van der Waals surface area contributed by atoms with Gasteiger partial charge in [-0.3, -0.25) is 4.79 Å². The molecule has 0 heterocycles. The highest BCUT2D eigenvalue weighted by molar-refractivity contribution is 9.10. The van der Waals surface area contributed by atoms with Gasteiger partial charge in [0.25, 0.3) is 5.91 Å². The molecule has 116 valence electrons. The number of hydrogen-bond donors (Lipinski definition) is 1. The highest BCUT2D eigenvalue weighted by Gasteiger charge is 2.08. The van der Waals surface area contributed by atoms with Gasteiger partial charge in [-0.1, -0.05) is 12.1 Å². The van der Waals surface area contributed by atoms with Crippen molar-refractivity contribution in [1.82, 2.24) is 0 Å². The Balaban J connectivity index is 1.93. The van der Waals surface area contributed by atoms with Crippen molar-refractivity contribution in [3.8, 4) is 5.75 Å². The van der Waals surface area contributed by atoms with Gasteiger partial charge < -0.3 is 10.1 Å². The van der Waals surface area contributed by atoms with Crippen molar-refractivity contribution >= 4 is 37.4 Å². The zero-order valence-corrected chi connectivity index (χ0v) is 14.1. The minimum atomic E-state index is -3.24. The molecule has 0 aliphatic rings. The Morgan fingerprint density at radius 2 is 1.77 bits per heavy atom. The molecule has 7 heteroatoms. The lowest BCUT2D eigenvalue weighted by Gasteiger charge is -2.09. The van der Waals surface area contributed by atoms with Gasteiger partial charge in [0.1, 0.15) is 5.75 Å². The van der Waals surface area contributed by atoms with E-state index in [0.717, 1.165) is 10.7 Å². The highest BCUT2D eigenvalue weighted by atomic mass is 79.9. The number of para-hydroxylation sites is 1. The van der Waals surface area contributed by atoms with Gasteiger partial charge in [0.05, 0.1) is 10.6 Å². The van der Waals surface area contributed by atoms with E-state index in [1.807, 2.05) is 18.2 Å². The van der Waals surface area contributed by atoms with Crippen LogP contribution in [0.25, 0.3) is 0 Å². The van der Waals surface area contributed by atoms with Gasteiger partial charge in [-0.05, 0) is 52.3 Å². The number of amides is 1. The summed E-state index contributed by atoms with van der Waals surface area (Å²) in [6.45, 7) is -0.167. The zero-order chi connectivity index (χ0) is 16.2. The Bertz CT molecular complexity index is 772. The molecule has 0 atom stereocenters. The fraction of sp³-hybridized carbons (Fsp3) is 0.133. The monoisotopic (exact) mass is 383 g/mol. The molecule has 0 radical (unpaired) electrons. The van der Waals surface area contributed by atoms with E-state index in [2.05, 4.69) is 21.2 Å². The van der Waals surface area contributed by atoms with Crippen LogP contribution in [0.4, 0.5) is 5.69 Å². The number of carbonyl (C=O) groups excluding carboxylic acids is 1. The lowest BCUT2D eigenvalue weighted by Crippen LogP contribution is -2.20. The average molecular weight is 384 g/mol. The van der Waals surface area contributed by atoms with E-state index in [1.54, 1.807) is 6.07 Å². The molecular formula is C15H14BrNO4S. The van der Waals surface area contributed by atoms with Crippen LogP contribution in [0.3, 0.4) is 0 Å². The molecule has 1 N–H and O–H groups in total. The molecule has 0 aliphatic heterocycles. The molecule has 2 aromatic carbocycles. The molecule has 5 nitrogen and oxygen atoms in total. The first-order valence-electron chi connectivity index (χ1n) is 6.33. The summed E-state index contributed by atoms with van der Waals surface area (Å²) >= 11 is 3.33. The minimum absolute atomic E-state index is 0.167. The van der Waals surface area contributed by atoms with Gasteiger partial charge >= 0.3 is 0 Å². The van der Waals surface area contributed by atoms with Crippen molar-refractivity contribution in [1.29, 1.82) is 0 Å². The summed E-state index contributed by atoms with van der Waals surface area (Å²) in [7, 11) is -3.24. The summed E-state index contributed by atoms with van der Waals surface area (Å²) in [4.78, 5) is 12.0. The van der Waals surface area contributed by atoms with E-state index < -0.39 is 9.84 Å². The maximum absolute atomic E-state index is 11.8. The number of halogens is 1. The number of carbonyl (C=O) groups is 1. The lowest BCUT2D eigenvalue weighted by molar-refractivity contribution is -0.118. The largest absolute Gasteiger partial charge is 0.484 e. The number of sulfone groups is 1. The Hall–Kier alpha value is -1.86. The van der Waals surface area contributed by atoms with Gasteiger partial charge in [0.15, 0.2) is 16.4 Å². The lowest BCUT2D eigenvalue weighted by atomic mass is 10.3. The number of anilines is 1. The minimum Gasteiger partial charge on any atom is -0.484 e. The molecule has 0 aliphatic carbocycles. The van der Waals surface area contributed by atoms with Crippen molar-refractivity contribution in [2.75, 3.05) is 18.2 Å². The molecule has 0 saturated heterocycles. The first-order valence-corrected chi connectivity index (χ1v) is 9.02. The van der Waals surface area contributed by atoms with E-state index in [-0.39, 0.29) is 17.4 Å². The standard InChI is InChI=1S/C15H14BrNO4S/c1-22(19,20)12-8-6-11(7-9-12)21-10-15(18)17-14-5-3-2-4-13(14)16/h2-9H,10H2,1H3,(H,17,18). The molecule has 2 rings (SSSR count). The first kappa shape index (κ1) is 16.5. The van der Waals surface area contributed by atoms with E-state index in [0.29, 0.717) is 11.4 Å². The summed E-state index contributed by atoms with van der Waals surface area (Å²) in [5.41, 5.74) is 0.656. The summed E-state index contributed by atoms with van der Waals surface area (Å²) < 4.78 is 28.8. The molecule has 22 heavy (non-hydrogen) atoms. The van der Waals surface area contributed by atoms with Crippen LogP contribution in [0.15, 0.2) is 57.9 Å². The number of rotatable bonds is 5. The fourth-order valence-corrected chi connectivity index (χ4v) is 2.70. The number of benzene rings is 2. The molecule has 0 fully saturated rings. The summed E-state index contributed by atoms with van der Waals surface area (Å²) in [6.07, 6.45) is 1.13.